The lowest BCUT2D eigenvalue weighted by Crippen LogP contribution is -2.16. The largest absolute Gasteiger partial charge is 0.378 e. The molecule has 0 saturated carbocycles. The molecule has 2 aromatic rings. The van der Waals surface area contributed by atoms with Crippen molar-refractivity contribution in [3.05, 3.63) is 63.8 Å². The molecule has 1 heterocycles. The van der Waals surface area contributed by atoms with Crippen molar-refractivity contribution in [3.63, 3.8) is 0 Å². The summed E-state index contributed by atoms with van der Waals surface area (Å²) in [6, 6.07) is 10.1. The predicted molar refractivity (Wildman–Crippen MR) is 70.4 cm³/mol. The van der Waals surface area contributed by atoms with E-state index < -0.39 is 28.0 Å². The molecule has 0 spiro atoms. The summed E-state index contributed by atoms with van der Waals surface area (Å²) in [6.07, 6.45) is 0. The lowest BCUT2D eigenvalue weighted by atomic mass is 10.1. The highest BCUT2D eigenvalue weighted by molar-refractivity contribution is 6.48. The van der Waals surface area contributed by atoms with E-state index in [9.17, 15) is 19.7 Å². The van der Waals surface area contributed by atoms with Crippen LogP contribution in [0.25, 0.3) is 0 Å². The van der Waals surface area contributed by atoms with Gasteiger partial charge in [0.25, 0.3) is 5.78 Å². The van der Waals surface area contributed by atoms with Crippen LogP contribution in [0.15, 0.2) is 42.5 Å². The second kappa shape index (κ2) is 5.27. The third-order valence-electron chi connectivity index (χ3n) is 2.57. The SMILES string of the molecule is Nc1nc(C(=O)C(=O)c2ccccc2)ccc1[N+](=O)[O-]. The first-order chi connectivity index (χ1) is 9.50. The Morgan fingerprint density at radius 1 is 1.05 bits per heavy atom. The number of nitrogen functional groups attached to an aromatic ring is 1. The molecule has 0 aliphatic carbocycles. The standard InChI is InChI=1S/C13H9N3O4/c14-13-10(16(19)20)7-6-9(15-13)12(18)11(17)8-4-2-1-3-5-8/h1-7H,(H2,14,15). The van der Waals surface area contributed by atoms with Crippen LogP contribution < -0.4 is 5.73 Å². The molecule has 0 radical (unpaired) electrons. The number of benzene rings is 1. The number of rotatable bonds is 4. The molecule has 100 valence electrons. The molecule has 0 atom stereocenters. The lowest BCUT2D eigenvalue weighted by Gasteiger charge is -2.01. The van der Waals surface area contributed by atoms with Gasteiger partial charge in [-0.3, -0.25) is 19.7 Å². The number of hydrogen-bond donors (Lipinski definition) is 1. The number of nitrogens with two attached hydrogens (primary N) is 1. The summed E-state index contributed by atoms with van der Waals surface area (Å²) in [4.78, 5) is 37.3. The van der Waals surface area contributed by atoms with E-state index in [0.717, 1.165) is 12.1 Å². The summed E-state index contributed by atoms with van der Waals surface area (Å²) in [5.74, 6) is -2.01. The van der Waals surface area contributed by atoms with Gasteiger partial charge in [-0.1, -0.05) is 30.3 Å². The summed E-state index contributed by atoms with van der Waals surface area (Å²) in [6.45, 7) is 0. The molecule has 2 rings (SSSR count). The number of carbonyl (C=O) groups is 2. The van der Waals surface area contributed by atoms with E-state index >= 15 is 0 Å². The second-order valence-electron chi connectivity index (χ2n) is 3.88. The van der Waals surface area contributed by atoms with Crippen LogP contribution in [0.2, 0.25) is 0 Å². The van der Waals surface area contributed by atoms with Gasteiger partial charge in [0.1, 0.15) is 5.69 Å². The van der Waals surface area contributed by atoms with Gasteiger partial charge in [-0.05, 0) is 6.07 Å². The summed E-state index contributed by atoms with van der Waals surface area (Å²) < 4.78 is 0. The smallest absolute Gasteiger partial charge is 0.311 e. The normalized spacial score (nSPS) is 10.0. The molecule has 7 nitrogen and oxygen atoms in total. The van der Waals surface area contributed by atoms with Gasteiger partial charge in [-0.2, -0.15) is 0 Å². The van der Waals surface area contributed by atoms with Crippen LogP contribution in [0.3, 0.4) is 0 Å². The Morgan fingerprint density at radius 3 is 2.25 bits per heavy atom. The molecule has 2 N–H and O–H groups in total. The topological polar surface area (TPSA) is 116 Å². The minimum atomic E-state index is -0.863. The number of aromatic nitrogens is 1. The number of Topliss-reactive ketones (excluding diaryl/α,β-unsaturated/α-hetero) is 2. The number of anilines is 1. The number of pyridine rings is 1. The molecule has 7 heteroatoms. The molecular weight excluding hydrogens is 262 g/mol. The Bertz CT molecular complexity index is 698. The molecule has 0 unspecified atom stereocenters. The van der Waals surface area contributed by atoms with Crippen molar-refractivity contribution < 1.29 is 14.5 Å². The van der Waals surface area contributed by atoms with Crippen LogP contribution >= 0.6 is 0 Å². The van der Waals surface area contributed by atoms with Crippen molar-refractivity contribution >= 4 is 23.1 Å². The molecule has 20 heavy (non-hydrogen) atoms. The van der Waals surface area contributed by atoms with Gasteiger partial charge in [-0.25, -0.2) is 4.98 Å². The number of ketones is 2. The molecule has 1 aromatic heterocycles. The Hall–Kier alpha value is -3.09. The first-order valence-electron chi connectivity index (χ1n) is 5.55. The Morgan fingerprint density at radius 2 is 1.70 bits per heavy atom. The zero-order chi connectivity index (χ0) is 14.7. The van der Waals surface area contributed by atoms with Crippen LogP contribution in [0.5, 0.6) is 0 Å². The summed E-state index contributed by atoms with van der Waals surface area (Å²) >= 11 is 0. The van der Waals surface area contributed by atoms with E-state index in [-0.39, 0.29) is 11.3 Å². The Labute approximate surface area is 113 Å². The van der Waals surface area contributed by atoms with Crippen LogP contribution in [0.1, 0.15) is 20.8 Å². The lowest BCUT2D eigenvalue weighted by molar-refractivity contribution is -0.384. The third-order valence-corrected chi connectivity index (χ3v) is 2.57. The zero-order valence-corrected chi connectivity index (χ0v) is 10.1. The number of nitro groups is 1. The van der Waals surface area contributed by atoms with Crippen molar-refractivity contribution in [2.45, 2.75) is 0 Å². The van der Waals surface area contributed by atoms with Crippen molar-refractivity contribution in [3.8, 4) is 0 Å². The molecule has 0 fully saturated rings. The Kier molecular flexibility index (Phi) is 3.52. The van der Waals surface area contributed by atoms with Crippen LogP contribution in [-0.2, 0) is 0 Å². The fourth-order valence-corrected chi connectivity index (χ4v) is 1.59. The first kappa shape index (κ1) is 13.3. The minimum Gasteiger partial charge on any atom is -0.378 e. The van der Waals surface area contributed by atoms with Gasteiger partial charge in [0.05, 0.1) is 4.92 Å². The molecule has 0 saturated heterocycles. The van der Waals surface area contributed by atoms with Crippen LogP contribution in [-0.4, -0.2) is 21.5 Å². The van der Waals surface area contributed by atoms with Crippen molar-refractivity contribution in [1.82, 2.24) is 4.98 Å². The predicted octanol–water partition coefficient (Wildman–Crippen LogP) is 1.64. The van der Waals surface area contributed by atoms with Crippen molar-refractivity contribution in [2.75, 3.05) is 5.73 Å². The molecule has 1 aromatic carbocycles. The quantitative estimate of drug-likeness (QED) is 0.391. The molecular formula is C13H9N3O4. The highest BCUT2D eigenvalue weighted by atomic mass is 16.6. The van der Waals surface area contributed by atoms with Gasteiger partial charge in [-0.15, -0.1) is 0 Å². The number of nitrogens with zero attached hydrogens (tertiary/aromatic N) is 2. The first-order valence-corrected chi connectivity index (χ1v) is 5.55. The molecule has 0 aliphatic rings. The Balaban J connectivity index is 2.33. The summed E-state index contributed by atoms with van der Waals surface area (Å²) in [5, 5.41) is 10.6. The average Bonchev–Trinajstić information content (AvgIpc) is 2.46. The highest BCUT2D eigenvalue weighted by Gasteiger charge is 2.22. The zero-order valence-electron chi connectivity index (χ0n) is 10.1. The van der Waals surface area contributed by atoms with E-state index in [1.54, 1.807) is 18.2 Å². The van der Waals surface area contributed by atoms with Crippen LogP contribution in [0.4, 0.5) is 11.5 Å². The van der Waals surface area contributed by atoms with Gasteiger partial charge in [0.2, 0.25) is 11.6 Å². The maximum absolute atomic E-state index is 11.9. The van der Waals surface area contributed by atoms with Gasteiger partial charge in [0.15, 0.2) is 0 Å². The minimum absolute atomic E-state index is 0.219. The fraction of sp³-hybridized carbons (Fsp3) is 0. The van der Waals surface area contributed by atoms with E-state index in [0.29, 0.717) is 0 Å². The van der Waals surface area contributed by atoms with Crippen LogP contribution in [0, 0.1) is 10.1 Å². The van der Waals surface area contributed by atoms with Crippen molar-refractivity contribution in [2.24, 2.45) is 0 Å². The second-order valence-corrected chi connectivity index (χ2v) is 3.88. The maximum Gasteiger partial charge on any atom is 0.311 e. The molecule has 0 amide bonds. The average molecular weight is 271 g/mol. The van der Waals surface area contributed by atoms with Crippen molar-refractivity contribution in [1.29, 1.82) is 0 Å². The summed E-state index contributed by atoms with van der Waals surface area (Å²) in [5.41, 5.74) is 4.97. The van der Waals surface area contributed by atoms with Gasteiger partial charge in [0, 0.05) is 11.6 Å². The maximum atomic E-state index is 11.9. The highest BCUT2D eigenvalue weighted by Crippen LogP contribution is 2.19. The molecule has 0 bridgehead atoms. The van der Waals surface area contributed by atoms with E-state index in [2.05, 4.69) is 4.98 Å². The van der Waals surface area contributed by atoms with Gasteiger partial charge >= 0.3 is 5.69 Å². The monoisotopic (exact) mass is 271 g/mol. The van der Waals surface area contributed by atoms with E-state index in [1.165, 1.54) is 12.1 Å². The van der Waals surface area contributed by atoms with E-state index in [4.69, 9.17) is 5.73 Å². The third kappa shape index (κ3) is 2.51. The number of carbonyl (C=O) groups excluding carboxylic acids is 2. The van der Waals surface area contributed by atoms with Gasteiger partial charge < -0.3 is 5.73 Å². The molecule has 0 aliphatic heterocycles. The summed E-state index contributed by atoms with van der Waals surface area (Å²) in [7, 11) is 0. The fourth-order valence-electron chi connectivity index (χ4n) is 1.59. The number of hydrogen-bond acceptors (Lipinski definition) is 6. The van der Waals surface area contributed by atoms with E-state index in [1.807, 2.05) is 0 Å².